The highest BCUT2D eigenvalue weighted by molar-refractivity contribution is 7.18. The van der Waals surface area contributed by atoms with E-state index in [0.29, 0.717) is 12.1 Å². The molecule has 0 saturated heterocycles. The quantitative estimate of drug-likeness (QED) is 0.899. The van der Waals surface area contributed by atoms with Crippen molar-refractivity contribution >= 4 is 23.0 Å². The molecule has 0 unspecified atom stereocenters. The van der Waals surface area contributed by atoms with Crippen molar-refractivity contribution in [1.29, 1.82) is 0 Å². The lowest BCUT2D eigenvalue weighted by molar-refractivity contribution is 0.0703. The number of carboxylic acid groups (broad SMARTS) is 1. The van der Waals surface area contributed by atoms with E-state index in [2.05, 4.69) is 0 Å². The number of ether oxygens (including phenoxy) is 1. The molecule has 0 fully saturated rings. The van der Waals surface area contributed by atoms with Gasteiger partial charge in [0.25, 0.3) is 0 Å². The Morgan fingerprint density at radius 2 is 2.21 bits per heavy atom. The zero-order valence-corrected chi connectivity index (χ0v) is 11.6. The number of benzene rings is 1. The van der Waals surface area contributed by atoms with Gasteiger partial charge in [-0.3, -0.25) is 0 Å². The van der Waals surface area contributed by atoms with E-state index in [0.717, 1.165) is 21.8 Å². The summed E-state index contributed by atoms with van der Waals surface area (Å²) in [6.07, 6.45) is 0.697. The average molecular weight is 277 g/mol. The smallest absolute Gasteiger partial charge is 0.348 e. The Bertz CT molecular complexity index is 619. The van der Waals surface area contributed by atoms with Crippen LogP contribution in [-0.2, 0) is 6.42 Å². The minimum Gasteiger partial charge on any atom is -0.497 e. The normalized spacial score (nSPS) is 10.4. The summed E-state index contributed by atoms with van der Waals surface area (Å²) in [4.78, 5) is 12.3. The predicted octanol–water partition coefficient (Wildman–Crippen LogP) is 3.27. The van der Waals surface area contributed by atoms with Crippen molar-refractivity contribution in [3.05, 3.63) is 34.7 Å². The Kier molecular flexibility index (Phi) is 3.76. The summed E-state index contributed by atoms with van der Waals surface area (Å²) in [5.74, 6) is -0.241. The van der Waals surface area contributed by atoms with E-state index in [1.54, 1.807) is 7.11 Å². The highest BCUT2D eigenvalue weighted by atomic mass is 32.1. The van der Waals surface area contributed by atoms with Gasteiger partial charge in [0.2, 0.25) is 0 Å². The molecule has 2 rings (SSSR count). The number of anilines is 1. The number of hydrogen-bond donors (Lipinski definition) is 2. The standard InChI is InChI=1S/C14H15NO3S/c1-3-10-11(15)13(14(16)17)19-12(10)8-5-4-6-9(7-8)18-2/h4-7H,3,15H2,1-2H3,(H,16,17). The summed E-state index contributed by atoms with van der Waals surface area (Å²) in [6.45, 7) is 1.97. The molecule has 0 atom stereocenters. The number of carboxylic acids is 1. The molecule has 0 radical (unpaired) electrons. The molecule has 0 amide bonds. The summed E-state index contributed by atoms with van der Waals surface area (Å²) >= 11 is 1.21. The monoisotopic (exact) mass is 277 g/mol. The molecule has 0 aliphatic rings. The molecule has 0 saturated carbocycles. The molecule has 1 heterocycles. The second-order valence-corrected chi connectivity index (χ2v) is 5.06. The van der Waals surface area contributed by atoms with Gasteiger partial charge in [0.15, 0.2) is 0 Å². The first-order valence-corrected chi connectivity index (χ1v) is 6.69. The fraction of sp³-hybridized carbons (Fsp3) is 0.214. The highest BCUT2D eigenvalue weighted by Crippen LogP contribution is 2.39. The number of nitrogens with two attached hydrogens (primary N) is 1. The van der Waals surface area contributed by atoms with Gasteiger partial charge in [0, 0.05) is 4.88 Å². The van der Waals surface area contributed by atoms with Gasteiger partial charge in [0.1, 0.15) is 10.6 Å². The first-order chi connectivity index (χ1) is 9.08. The lowest BCUT2D eigenvalue weighted by Crippen LogP contribution is -1.99. The number of carbonyl (C=O) groups is 1. The summed E-state index contributed by atoms with van der Waals surface area (Å²) in [6, 6.07) is 7.54. The van der Waals surface area contributed by atoms with Crippen molar-refractivity contribution in [2.45, 2.75) is 13.3 Å². The van der Waals surface area contributed by atoms with Crippen LogP contribution in [0.25, 0.3) is 10.4 Å². The second kappa shape index (κ2) is 5.32. The minimum absolute atomic E-state index is 0.203. The Morgan fingerprint density at radius 1 is 1.47 bits per heavy atom. The summed E-state index contributed by atoms with van der Waals surface area (Å²) < 4.78 is 5.19. The van der Waals surface area contributed by atoms with Gasteiger partial charge in [-0.25, -0.2) is 4.79 Å². The van der Waals surface area contributed by atoms with Crippen LogP contribution in [0.1, 0.15) is 22.2 Å². The molecule has 0 aliphatic heterocycles. The summed E-state index contributed by atoms with van der Waals surface area (Å²) in [5, 5.41) is 9.15. The largest absolute Gasteiger partial charge is 0.497 e. The molecule has 1 aromatic carbocycles. The van der Waals surface area contributed by atoms with Gasteiger partial charge in [-0.1, -0.05) is 19.1 Å². The lowest BCUT2D eigenvalue weighted by atomic mass is 10.1. The van der Waals surface area contributed by atoms with Crippen molar-refractivity contribution in [3.8, 4) is 16.2 Å². The van der Waals surface area contributed by atoms with E-state index in [-0.39, 0.29) is 4.88 Å². The van der Waals surface area contributed by atoms with Gasteiger partial charge in [0.05, 0.1) is 12.8 Å². The number of methoxy groups -OCH3 is 1. The van der Waals surface area contributed by atoms with E-state index < -0.39 is 5.97 Å². The Morgan fingerprint density at radius 3 is 2.79 bits per heavy atom. The molecular weight excluding hydrogens is 262 g/mol. The molecule has 4 nitrogen and oxygen atoms in total. The lowest BCUT2D eigenvalue weighted by Gasteiger charge is -2.05. The minimum atomic E-state index is -0.980. The van der Waals surface area contributed by atoms with Crippen molar-refractivity contribution in [2.24, 2.45) is 0 Å². The van der Waals surface area contributed by atoms with Crippen molar-refractivity contribution < 1.29 is 14.6 Å². The average Bonchev–Trinajstić information content (AvgIpc) is 2.75. The van der Waals surface area contributed by atoms with Gasteiger partial charge in [-0.2, -0.15) is 0 Å². The first-order valence-electron chi connectivity index (χ1n) is 5.87. The zero-order valence-electron chi connectivity index (χ0n) is 10.8. The molecule has 3 N–H and O–H groups in total. The zero-order chi connectivity index (χ0) is 14.0. The van der Waals surface area contributed by atoms with Crippen molar-refractivity contribution in [2.75, 3.05) is 12.8 Å². The van der Waals surface area contributed by atoms with Crippen LogP contribution in [0, 0.1) is 0 Å². The van der Waals surface area contributed by atoms with Crippen LogP contribution in [0.4, 0.5) is 5.69 Å². The molecule has 1 aromatic heterocycles. The molecule has 0 aliphatic carbocycles. The Hall–Kier alpha value is -2.01. The van der Waals surface area contributed by atoms with E-state index in [9.17, 15) is 4.79 Å². The molecule has 0 bridgehead atoms. The van der Waals surface area contributed by atoms with E-state index in [1.165, 1.54) is 11.3 Å². The van der Waals surface area contributed by atoms with Crippen LogP contribution in [0.15, 0.2) is 24.3 Å². The van der Waals surface area contributed by atoms with Gasteiger partial charge in [-0.05, 0) is 29.7 Å². The fourth-order valence-electron chi connectivity index (χ4n) is 1.99. The maximum atomic E-state index is 11.2. The third kappa shape index (κ3) is 2.42. The molecule has 100 valence electrons. The molecule has 2 aromatic rings. The Labute approximate surface area is 115 Å². The molecule has 0 spiro atoms. The fourth-order valence-corrected chi connectivity index (χ4v) is 3.13. The maximum absolute atomic E-state index is 11.2. The van der Waals surface area contributed by atoms with Gasteiger partial charge in [-0.15, -0.1) is 11.3 Å². The molecule has 5 heteroatoms. The van der Waals surface area contributed by atoms with E-state index >= 15 is 0 Å². The molecule has 19 heavy (non-hydrogen) atoms. The third-order valence-electron chi connectivity index (χ3n) is 2.93. The topological polar surface area (TPSA) is 72.5 Å². The predicted molar refractivity (Wildman–Crippen MR) is 77.1 cm³/mol. The molecular formula is C14H15NO3S. The van der Waals surface area contributed by atoms with Crippen LogP contribution in [-0.4, -0.2) is 18.2 Å². The number of nitrogen functional groups attached to an aromatic ring is 1. The number of rotatable bonds is 4. The van der Waals surface area contributed by atoms with Crippen LogP contribution in [0.3, 0.4) is 0 Å². The summed E-state index contributed by atoms with van der Waals surface area (Å²) in [7, 11) is 1.60. The van der Waals surface area contributed by atoms with Gasteiger partial charge < -0.3 is 15.6 Å². The SMILES string of the molecule is CCc1c(-c2cccc(OC)c2)sc(C(=O)O)c1N. The van der Waals surface area contributed by atoms with Crippen molar-refractivity contribution in [3.63, 3.8) is 0 Å². The first kappa shape index (κ1) is 13.4. The number of aromatic carboxylic acids is 1. The third-order valence-corrected chi connectivity index (χ3v) is 4.21. The number of thiophene rings is 1. The summed E-state index contributed by atoms with van der Waals surface area (Å²) in [5.41, 5.74) is 8.11. The van der Waals surface area contributed by atoms with Crippen LogP contribution >= 0.6 is 11.3 Å². The van der Waals surface area contributed by atoms with Crippen molar-refractivity contribution in [1.82, 2.24) is 0 Å². The van der Waals surface area contributed by atoms with Crippen LogP contribution in [0.5, 0.6) is 5.75 Å². The van der Waals surface area contributed by atoms with E-state index in [1.807, 2.05) is 31.2 Å². The number of hydrogen-bond acceptors (Lipinski definition) is 4. The van der Waals surface area contributed by atoms with Crippen LogP contribution in [0.2, 0.25) is 0 Å². The van der Waals surface area contributed by atoms with Gasteiger partial charge >= 0.3 is 5.97 Å². The van der Waals surface area contributed by atoms with E-state index in [4.69, 9.17) is 15.6 Å². The maximum Gasteiger partial charge on any atom is 0.348 e. The Balaban J connectivity index is 2.60. The second-order valence-electron chi connectivity index (χ2n) is 4.04. The van der Waals surface area contributed by atoms with Crippen LogP contribution < -0.4 is 10.5 Å². The highest BCUT2D eigenvalue weighted by Gasteiger charge is 2.20.